The van der Waals surface area contributed by atoms with Crippen LogP contribution in [0.25, 0.3) is 0 Å². The van der Waals surface area contributed by atoms with Gasteiger partial charge in [0.15, 0.2) is 11.5 Å². The quantitative estimate of drug-likeness (QED) is 0.329. The molecule has 3 rings (SSSR count). The Kier molecular flexibility index (Phi) is 7.46. The fourth-order valence-corrected chi connectivity index (χ4v) is 5.63. The number of ether oxygens (including phenoxy) is 2. The predicted molar refractivity (Wildman–Crippen MR) is 131 cm³/mol. The Morgan fingerprint density at radius 1 is 1.35 bits per heavy atom. The fraction of sp³-hybridized carbons (Fsp3) is 0.440. The molecule has 0 spiro atoms. The number of aliphatic imine (C=N–C) groups is 1. The maximum Gasteiger partial charge on any atom is 0.176 e. The molecular weight excluding hydrogens is 472 g/mol. The van der Waals surface area contributed by atoms with Crippen molar-refractivity contribution >= 4 is 38.5 Å². The minimum absolute atomic E-state index is 0.161. The predicted octanol–water partition coefficient (Wildman–Crippen LogP) is 6.69. The summed E-state index contributed by atoms with van der Waals surface area (Å²) in [5.41, 5.74) is 3.03. The van der Waals surface area contributed by atoms with Crippen LogP contribution in [0.4, 0.5) is 5.00 Å². The van der Waals surface area contributed by atoms with Crippen LogP contribution in [0.3, 0.4) is 0 Å². The van der Waals surface area contributed by atoms with Crippen molar-refractivity contribution in [2.45, 2.75) is 47.0 Å². The normalized spacial score (nSPS) is 15.9. The molecule has 0 saturated heterocycles. The van der Waals surface area contributed by atoms with Crippen LogP contribution < -0.4 is 9.47 Å². The summed E-state index contributed by atoms with van der Waals surface area (Å²) in [6.45, 7) is 9.47. The molecule has 0 bridgehead atoms. The lowest BCUT2D eigenvalue weighted by Crippen LogP contribution is -2.26. The summed E-state index contributed by atoms with van der Waals surface area (Å²) in [5, 5.41) is 10.6. The van der Waals surface area contributed by atoms with Gasteiger partial charge in [-0.3, -0.25) is 0 Å². The number of rotatable bonds is 6. The summed E-state index contributed by atoms with van der Waals surface area (Å²) in [6.07, 6.45) is 10.2. The van der Waals surface area contributed by atoms with Crippen molar-refractivity contribution in [3.05, 3.63) is 38.2 Å². The van der Waals surface area contributed by atoms with Gasteiger partial charge in [0, 0.05) is 11.1 Å². The standard InChI is InChI=1S/C25H27BrN2O2S/c1-6-10-30-23-20(26)11-16(12-21(23)29-7-2)15-28-24-19(14-27)18-9-8-17(25(3,4)5)13-22(18)31-24/h1,11-12,15,17H,7-10,13H2,2-5H3/t17-/m0/s1. The third kappa shape index (κ3) is 5.32. The summed E-state index contributed by atoms with van der Waals surface area (Å²) in [7, 11) is 0. The van der Waals surface area contributed by atoms with Crippen LogP contribution in [-0.4, -0.2) is 19.4 Å². The number of terminal acetylenes is 1. The maximum atomic E-state index is 9.79. The van der Waals surface area contributed by atoms with E-state index in [4.69, 9.17) is 20.9 Å². The Bertz CT molecular complexity index is 1070. The van der Waals surface area contributed by atoms with Gasteiger partial charge in [-0.05, 0) is 76.7 Å². The number of thiophene rings is 1. The molecule has 1 aromatic heterocycles. The van der Waals surface area contributed by atoms with Gasteiger partial charge in [-0.25, -0.2) is 4.99 Å². The average molecular weight is 499 g/mol. The minimum atomic E-state index is 0.161. The first-order valence-electron chi connectivity index (χ1n) is 10.4. The number of hydrogen-bond donors (Lipinski definition) is 0. The van der Waals surface area contributed by atoms with Crippen molar-refractivity contribution in [2.75, 3.05) is 13.2 Å². The van der Waals surface area contributed by atoms with Gasteiger partial charge in [0.2, 0.25) is 0 Å². The molecule has 31 heavy (non-hydrogen) atoms. The maximum absolute atomic E-state index is 9.79. The molecule has 0 radical (unpaired) electrons. The zero-order chi connectivity index (χ0) is 22.6. The van der Waals surface area contributed by atoms with Gasteiger partial charge in [-0.1, -0.05) is 26.7 Å². The van der Waals surface area contributed by atoms with E-state index in [1.807, 2.05) is 19.1 Å². The largest absolute Gasteiger partial charge is 0.490 e. The summed E-state index contributed by atoms with van der Waals surface area (Å²) >= 11 is 5.19. The monoisotopic (exact) mass is 498 g/mol. The van der Waals surface area contributed by atoms with Crippen LogP contribution >= 0.6 is 27.3 Å². The van der Waals surface area contributed by atoms with E-state index in [9.17, 15) is 5.26 Å². The average Bonchev–Trinajstić information content (AvgIpc) is 3.08. The number of nitriles is 1. The highest BCUT2D eigenvalue weighted by Crippen LogP contribution is 2.45. The van der Waals surface area contributed by atoms with Crippen molar-refractivity contribution in [3.8, 4) is 29.9 Å². The first kappa shape index (κ1) is 23.4. The van der Waals surface area contributed by atoms with E-state index < -0.39 is 0 Å². The van der Waals surface area contributed by atoms with Crippen molar-refractivity contribution < 1.29 is 9.47 Å². The second-order valence-corrected chi connectivity index (χ2v) is 10.6. The molecule has 0 aliphatic heterocycles. The molecule has 4 nitrogen and oxygen atoms in total. The minimum Gasteiger partial charge on any atom is -0.490 e. The third-order valence-electron chi connectivity index (χ3n) is 5.55. The molecule has 1 heterocycles. The Hall–Kier alpha value is -2.28. The number of fused-ring (bicyclic) bond motifs is 1. The summed E-state index contributed by atoms with van der Waals surface area (Å²) in [6, 6.07) is 6.18. The molecule has 6 heteroatoms. The smallest absolute Gasteiger partial charge is 0.176 e. The van der Waals surface area contributed by atoms with E-state index in [1.54, 1.807) is 17.6 Å². The Labute approximate surface area is 197 Å². The molecule has 0 amide bonds. The summed E-state index contributed by atoms with van der Waals surface area (Å²) < 4.78 is 12.1. The summed E-state index contributed by atoms with van der Waals surface area (Å²) in [4.78, 5) is 6.00. The molecule has 0 saturated carbocycles. The Morgan fingerprint density at radius 2 is 2.13 bits per heavy atom. The molecule has 1 aromatic carbocycles. The lowest BCUT2D eigenvalue weighted by atomic mass is 9.72. The first-order valence-corrected chi connectivity index (χ1v) is 12.0. The van der Waals surface area contributed by atoms with E-state index in [0.717, 1.165) is 39.9 Å². The zero-order valence-electron chi connectivity index (χ0n) is 18.4. The van der Waals surface area contributed by atoms with E-state index >= 15 is 0 Å². The van der Waals surface area contributed by atoms with Crippen molar-refractivity contribution in [1.82, 2.24) is 0 Å². The van der Waals surface area contributed by atoms with Crippen LogP contribution in [0.1, 0.15) is 55.7 Å². The molecule has 0 fully saturated rings. The lowest BCUT2D eigenvalue weighted by molar-refractivity contribution is 0.218. The van der Waals surface area contributed by atoms with Gasteiger partial charge in [-0.2, -0.15) is 5.26 Å². The van der Waals surface area contributed by atoms with Crippen LogP contribution in [0, 0.1) is 35.0 Å². The molecule has 2 aromatic rings. The Morgan fingerprint density at radius 3 is 2.77 bits per heavy atom. The first-order chi connectivity index (χ1) is 14.8. The molecule has 162 valence electrons. The van der Waals surface area contributed by atoms with Crippen LogP contribution in [-0.2, 0) is 12.8 Å². The topological polar surface area (TPSA) is 54.6 Å². The summed E-state index contributed by atoms with van der Waals surface area (Å²) in [5.74, 6) is 4.28. The van der Waals surface area contributed by atoms with Crippen LogP contribution in [0.5, 0.6) is 11.5 Å². The molecule has 1 aliphatic carbocycles. The second-order valence-electron chi connectivity index (χ2n) is 8.62. The molecule has 1 atom stereocenters. The highest BCUT2D eigenvalue weighted by Gasteiger charge is 2.32. The van der Waals surface area contributed by atoms with E-state index in [1.165, 1.54) is 10.4 Å². The van der Waals surface area contributed by atoms with Gasteiger partial charge in [0.25, 0.3) is 0 Å². The molecular formula is C25H27BrN2O2S. The number of halogens is 1. The second kappa shape index (κ2) is 9.90. The molecule has 0 unspecified atom stereocenters. The van der Waals surface area contributed by atoms with Crippen molar-refractivity contribution in [2.24, 2.45) is 16.3 Å². The van der Waals surface area contributed by atoms with Gasteiger partial charge < -0.3 is 9.47 Å². The van der Waals surface area contributed by atoms with E-state index in [2.05, 4.69) is 48.7 Å². The molecule has 1 aliphatic rings. The molecule has 0 N–H and O–H groups in total. The van der Waals surface area contributed by atoms with Gasteiger partial charge in [0.05, 0.1) is 16.6 Å². The Balaban J connectivity index is 1.91. The fourth-order valence-electron chi connectivity index (χ4n) is 3.83. The number of hydrogen-bond acceptors (Lipinski definition) is 5. The van der Waals surface area contributed by atoms with Crippen LogP contribution in [0.2, 0.25) is 0 Å². The van der Waals surface area contributed by atoms with Crippen molar-refractivity contribution in [1.29, 1.82) is 5.26 Å². The van der Waals surface area contributed by atoms with E-state index in [0.29, 0.717) is 24.0 Å². The highest BCUT2D eigenvalue weighted by atomic mass is 79.9. The van der Waals surface area contributed by atoms with Crippen LogP contribution in [0.15, 0.2) is 21.6 Å². The van der Waals surface area contributed by atoms with Crippen molar-refractivity contribution in [3.63, 3.8) is 0 Å². The van der Waals surface area contributed by atoms with Gasteiger partial charge in [-0.15, -0.1) is 17.8 Å². The third-order valence-corrected chi connectivity index (χ3v) is 7.30. The van der Waals surface area contributed by atoms with E-state index in [-0.39, 0.29) is 12.0 Å². The lowest BCUT2D eigenvalue weighted by Gasteiger charge is -2.33. The highest BCUT2D eigenvalue weighted by molar-refractivity contribution is 9.10. The van der Waals surface area contributed by atoms with Gasteiger partial charge >= 0.3 is 0 Å². The zero-order valence-corrected chi connectivity index (χ0v) is 20.8. The SMILES string of the molecule is C#CCOc1c(Br)cc(C=Nc2sc3c(c2C#N)CC[C@H](C(C)(C)C)C3)cc1OCC. The van der Waals surface area contributed by atoms with Gasteiger partial charge in [0.1, 0.15) is 17.7 Å². The number of nitrogens with zero attached hydrogens (tertiary/aromatic N) is 2. The number of benzene rings is 1.